The lowest BCUT2D eigenvalue weighted by Gasteiger charge is -2.11. The van der Waals surface area contributed by atoms with Crippen molar-refractivity contribution in [3.8, 4) is 0 Å². The molecule has 3 N–H and O–H groups in total. The summed E-state index contributed by atoms with van der Waals surface area (Å²) in [6.45, 7) is 0. The number of hydrogen-bond acceptors (Lipinski definition) is 4. The van der Waals surface area contributed by atoms with E-state index in [9.17, 15) is 4.79 Å². The number of carboxylic acids is 1. The molecule has 0 radical (unpaired) electrons. The average Bonchev–Trinajstić information content (AvgIpc) is 2.43. The summed E-state index contributed by atoms with van der Waals surface area (Å²) in [7, 11) is 3.11. The monoisotopic (exact) mass is 277 g/mol. The summed E-state index contributed by atoms with van der Waals surface area (Å²) in [6.07, 6.45) is 6.90. The maximum atomic E-state index is 10.9. The van der Waals surface area contributed by atoms with E-state index in [-0.39, 0.29) is 6.42 Å². The van der Waals surface area contributed by atoms with E-state index in [2.05, 4.69) is 0 Å². The number of methoxy groups -OCH3 is 2. The van der Waals surface area contributed by atoms with Crippen molar-refractivity contribution in [3.05, 3.63) is 47.4 Å². The highest BCUT2D eigenvalue weighted by Crippen LogP contribution is 2.17. The second-order valence-corrected chi connectivity index (χ2v) is 4.18. The van der Waals surface area contributed by atoms with E-state index in [1.165, 1.54) is 6.26 Å². The van der Waals surface area contributed by atoms with Gasteiger partial charge in [0.1, 0.15) is 6.04 Å². The number of hydrogen-bond donors (Lipinski definition) is 2. The fraction of sp³-hybridized carbons (Fsp3) is 0.267. The molecule has 0 fully saturated rings. The molecule has 0 aliphatic carbocycles. The molecule has 0 bridgehead atoms. The molecule has 0 aromatic heterocycles. The van der Waals surface area contributed by atoms with E-state index >= 15 is 0 Å². The standard InChI is InChI=1S/C15H19NO4/c1-19-7-5-11-3-4-12(6-8-20-2)13(9-11)10-14(16)15(17)18/h3-9,14H,10,16H2,1-2H3,(H,17,18)/t14-/m0/s1. The number of rotatable bonds is 7. The van der Waals surface area contributed by atoms with Crippen LogP contribution in [-0.4, -0.2) is 31.3 Å². The Bertz CT molecular complexity index is 509. The highest BCUT2D eigenvalue weighted by atomic mass is 16.5. The van der Waals surface area contributed by atoms with Gasteiger partial charge in [0.25, 0.3) is 0 Å². The van der Waals surface area contributed by atoms with E-state index in [0.717, 1.165) is 16.7 Å². The zero-order valence-electron chi connectivity index (χ0n) is 11.6. The topological polar surface area (TPSA) is 81.8 Å². The van der Waals surface area contributed by atoms with Crippen molar-refractivity contribution in [3.63, 3.8) is 0 Å². The Balaban J connectivity index is 3.08. The predicted octanol–water partition coefficient (Wildman–Crippen LogP) is 1.88. The normalized spacial score (nSPS) is 12.8. The molecule has 5 nitrogen and oxygen atoms in total. The molecule has 0 amide bonds. The van der Waals surface area contributed by atoms with Gasteiger partial charge in [0.15, 0.2) is 0 Å². The van der Waals surface area contributed by atoms with Gasteiger partial charge in [0, 0.05) is 0 Å². The first-order chi connectivity index (χ1) is 9.58. The van der Waals surface area contributed by atoms with Crippen LogP contribution in [0.15, 0.2) is 30.7 Å². The molecule has 0 unspecified atom stereocenters. The molecule has 1 rings (SSSR count). The maximum Gasteiger partial charge on any atom is 0.320 e. The van der Waals surface area contributed by atoms with Gasteiger partial charge in [-0.1, -0.05) is 18.2 Å². The Morgan fingerprint density at radius 2 is 1.95 bits per heavy atom. The molecule has 0 saturated heterocycles. The molecule has 0 aliphatic heterocycles. The van der Waals surface area contributed by atoms with Gasteiger partial charge < -0.3 is 20.3 Å². The highest BCUT2D eigenvalue weighted by molar-refractivity contribution is 5.74. The highest BCUT2D eigenvalue weighted by Gasteiger charge is 2.14. The third kappa shape index (κ3) is 4.78. The lowest BCUT2D eigenvalue weighted by atomic mass is 9.98. The van der Waals surface area contributed by atoms with Gasteiger partial charge in [-0.2, -0.15) is 0 Å². The fourth-order valence-electron chi connectivity index (χ4n) is 1.68. The van der Waals surface area contributed by atoms with Gasteiger partial charge in [-0.05, 0) is 35.3 Å². The second-order valence-electron chi connectivity index (χ2n) is 4.18. The van der Waals surface area contributed by atoms with Gasteiger partial charge in [-0.15, -0.1) is 0 Å². The quantitative estimate of drug-likeness (QED) is 0.744. The van der Waals surface area contributed by atoms with Gasteiger partial charge in [-0.3, -0.25) is 4.79 Å². The van der Waals surface area contributed by atoms with Crippen LogP contribution in [0, 0.1) is 0 Å². The van der Waals surface area contributed by atoms with Crippen molar-refractivity contribution in [1.29, 1.82) is 0 Å². The number of ether oxygens (including phenoxy) is 2. The molecule has 1 aromatic rings. The van der Waals surface area contributed by atoms with Gasteiger partial charge in [-0.25, -0.2) is 0 Å². The number of benzene rings is 1. The third-order valence-corrected chi connectivity index (χ3v) is 2.70. The Morgan fingerprint density at radius 1 is 1.30 bits per heavy atom. The van der Waals surface area contributed by atoms with Crippen LogP contribution in [0.3, 0.4) is 0 Å². The van der Waals surface area contributed by atoms with Crippen LogP contribution >= 0.6 is 0 Å². The van der Waals surface area contributed by atoms with Gasteiger partial charge >= 0.3 is 5.97 Å². The molecule has 1 atom stereocenters. The van der Waals surface area contributed by atoms with Crippen molar-refractivity contribution >= 4 is 18.1 Å². The fourth-order valence-corrected chi connectivity index (χ4v) is 1.68. The van der Waals surface area contributed by atoms with E-state index in [0.29, 0.717) is 0 Å². The zero-order valence-corrected chi connectivity index (χ0v) is 11.6. The first-order valence-corrected chi connectivity index (χ1v) is 6.08. The SMILES string of the molecule is COC=Cc1ccc(C=COC)c(C[C@H](N)C(=O)O)c1. The third-order valence-electron chi connectivity index (χ3n) is 2.70. The Labute approximate surface area is 118 Å². The van der Waals surface area contributed by atoms with Crippen LogP contribution in [-0.2, 0) is 20.7 Å². The number of carbonyl (C=O) groups is 1. The number of nitrogens with two attached hydrogens (primary N) is 1. The minimum atomic E-state index is -1.02. The summed E-state index contributed by atoms with van der Waals surface area (Å²) >= 11 is 0. The molecule has 108 valence electrons. The summed E-state index contributed by atoms with van der Waals surface area (Å²) in [4.78, 5) is 10.9. The molecular formula is C15H19NO4. The van der Waals surface area contributed by atoms with Crippen molar-refractivity contribution in [2.75, 3.05) is 14.2 Å². The van der Waals surface area contributed by atoms with Crippen LogP contribution in [0.4, 0.5) is 0 Å². The first kappa shape index (κ1) is 15.8. The molecular weight excluding hydrogens is 258 g/mol. The Hall–Kier alpha value is -2.27. The van der Waals surface area contributed by atoms with E-state index in [4.69, 9.17) is 20.3 Å². The molecule has 5 heteroatoms. The van der Waals surface area contributed by atoms with Crippen molar-refractivity contribution in [2.24, 2.45) is 5.73 Å². The molecule has 0 saturated carbocycles. The molecule has 0 aliphatic rings. The molecule has 1 aromatic carbocycles. The van der Waals surface area contributed by atoms with Crippen LogP contribution in [0.5, 0.6) is 0 Å². The van der Waals surface area contributed by atoms with Crippen molar-refractivity contribution in [1.82, 2.24) is 0 Å². The summed E-state index contributed by atoms with van der Waals surface area (Å²) in [5.41, 5.74) is 8.22. The lowest BCUT2D eigenvalue weighted by Crippen LogP contribution is -2.32. The zero-order chi connectivity index (χ0) is 15.0. The minimum absolute atomic E-state index is 0.243. The number of aliphatic carboxylic acids is 1. The lowest BCUT2D eigenvalue weighted by molar-refractivity contribution is -0.138. The van der Waals surface area contributed by atoms with E-state index in [1.54, 1.807) is 32.6 Å². The van der Waals surface area contributed by atoms with Crippen LogP contribution in [0.25, 0.3) is 12.2 Å². The van der Waals surface area contributed by atoms with Gasteiger partial charge in [0.2, 0.25) is 0 Å². The van der Waals surface area contributed by atoms with Crippen molar-refractivity contribution < 1.29 is 19.4 Å². The Morgan fingerprint density at radius 3 is 2.55 bits per heavy atom. The largest absolute Gasteiger partial charge is 0.504 e. The summed E-state index contributed by atoms with van der Waals surface area (Å²) in [5, 5.41) is 8.92. The summed E-state index contributed by atoms with van der Waals surface area (Å²) in [6, 6.07) is 4.73. The maximum absolute atomic E-state index is 10.9. The second kappa shape index (κ2) is 8.01. The summed E-state index contributed by atoms with van der Waals surface area (Å²) in [5.74, 6) is -1.02. The molecule has 0 spiro atoms. The predicted molar refractivity (Wildman–Crippen MR) is 77.8 cm³/mol. The number of carboxylic acid groups (broad SMARTS) is 1. The average molecular weight is 277 g/mol. The van der Waals surface area contributed by atoms with Gasteiger partial charge in [0.05, 0.1) is 26.7 Å². The smallest absolute Gasteiger partial charge is 0.320 e. The molecule has 20 heavy (non-hydrogen) atoms. The van der Waals surface area contributed by atoms with Crippen molar-refractivity contribution in [2.45, 2.75) is 12.5 Å². The van der Waals surface area contributed by atoms with Crippen LogP contribution < -0.4 is 5.73 Å². The van der Waals surface area contributed by atoms with E-state index < -0.39 is 12.0 Å². The molecule has 0 heterocycles. The van der Waals surface area contributed by atoms with Crippen LogP contribution in [0.1, 0.15) is 16.7 Å². The van der Waals surface area contributed by atoms with Crippen LogP contribution in [0.2, 0.25) is 0 Å². The minimum Gasteiger partial charge on any atom is -0.504 e. The first-order valence-electron chi connectivity index (χ1n) is 6.08. The van der Waals surface area contributed by atoms with E-state index in [1.807, 2.05) is 18.2 Å². The summed E-state index contributed by atoms with van der Waals surface area (Å²) < 4.78 is 9.75. The Kier molecular flexibility index (Phi) is 6.32.